The van der Waals surface area contributed by atoms with E-state index in [1.807, 2.05) is 6.21 Å². The molecule has 2 aromatic rings. The van der Waals surface area contributed by atoms with Gasteiger partial charge in [-0.05, 0) is 17.7 Å². The van der Waals surface area contributed by atoms with E-state index in [0.29, 0.717) is 11.8 Å². The minimum absolute atomic E-state index is 0.293. The summed E-state index contributed by atoms with van der Waals surface area (Å²) in [5.41, 5.74) is 2.06. The lowest BCUT2D eigenvalue weighted by Gasteiger charge is -2.09. The smallest absolute Gasteiger partial charge is 0.224 e. The van der Waals surface area contributed by atoms with Crippen LogP contribution in [0.2, 0.25) is 5.28 Å². The van der Waals surface area contributed by atoms with Crippen LogP contribution in [-0.2, 0) is 13.1 Å². The quantitative estimate of drug-likeness (QED) is 0.616. The fraction of sp³-hybridized carbons (Fsp3) is 0.222. The Morgan fingerprint density at radius 2 is 2.36 bits per heavy atom. The summed E-state index contributed by atoms with van der Waals surface area (Å²) in [6.45, 7) is 1.49. The van der Waals surface area contributed by atoms with Crippen molar-refractivity contribution in [1.82, 2.24) is 14.5 Å². The molecule has 0 N–H and O–H groups in total. The second-order valence-electron chi connectivity index (χ2n) is 3.19. The monoisotopic (exact) mass is 206 g/mol. The highest BCUT2D eigenvalue weighted by atomic mass is 35.5. The van der Waals surface area contributed by atoms with Gasteiger partial charge in [0.15, 0.2) is 0 Å². The number of rotatable bonds is 0. The third-order valence-corrected chi connectivity index (χ3v) is 2.52. The lowest BCUT2D eigenvalue weighted by atomic mass is 10.3. The van der Waals surface area contributed by atoms with Crippen molar-refractivity contribution in [2.24, 2.45) is 4.99 Å². The van der Waals surface area contributed by atoms with Crippen LogP contribution >= 0.6 is 11.6 Å². The Labute approximate surface area is 85.3 Å². The van der Waals surface area contributed by atoms with E-state index in [9.17, 15) is 0 Å². The molecular weight excluding hydrogens is 200 g/mol. The molecule has 1 aliphatic heterocycles. The fourth-order valence-electron chi connectivity index (χ4n) is 1.70. The van der Waals surface area contributed by atoms with Crippen LogP contribution in [0.4, 0.5) is 0 Å². The Hall–Kier alpha value is -1.42. The first-order valence-electron chi connectivity index (χ1n) is 4.33. The lowest BCUT2D eigenvalue weighted by molar-refractivity contribution is 0.773. The molecule has 0 unspecified atom stereocenters. The summed E-state index contributed by atoms with van der Waals surface area (Å²) >= 11 is 5.75. The maximum atomic E-state index is 5.75. The second-order valence-corrected chi connectivity index (χ2v) is 3.53. The number of halogens is 1. The SMILES string of the molecule is Clc1ncc2cc3n(c2n1)CC=NC3. The van der Waals surface area contributed by atoms with Crippen LogP contribution in [0.15, 0.2) is 17.3 Å². The zero-order valence-corrected chi connectivity index (χ0v) is 8.07. The lowest BCUT2D eigenvalue weighted by Crippen LogP contribution is -2.08. The van der Waals surface area contributed by atoms with Gasteiger partial charge >= 0.3 is 0 Å². The molecule has 0 saturated heterocycles. The molecule has 1 aliphatic rings. The minimum Gasteiger partial charge on any atom is -0.322 e. The normalized spacial score (nSPS) is 14.6. The van der Waals surface area contributed by atoms with E-state index in [1.165, 1.54) is 5.69 Å². The molecule has 0 atom stereocenters. The summed E-state index contributed by atoms with van der Waals surface area (Å²) in [6.07, 6.45) is 3.64. The van der Waals surface area contributed by atoms with E-state index in [1.54, 1.807) is 6.20 Å². The average molecular weight is 207 g/mol. The molecule has 14 heavy (non-hydrogen) atoms. The van der Waals surface area contributed by atoms with Gasteiger partial charge in [0, 0.05) is 23.5 Å². The zero-order valence-electron chi connectivity index (χ0n) is 7.31. The molecule has 0 bridgehead atoms. The van der Waals surface area contributed by atoms with Gasteiger partial charge in [-0.1, -0.05) is 0 Å². The predicted molar refractivity (Wildman–Crippen MR) is 54.7 cm³/mol. The highest BCUT2D eigenvalue weighted by molar-refractivity contribution is 6.28. The number of hydrogen-bond acceptors (Lipinski definition) is 3. The van der Waals surface area contributed by atoms with Crippen LogP contribution in [0, 0.1) is 0 Å². The Kier molecular flexibility index (Phi) is 1.58. The molecule has 70 valence electrons. The van der Waals surface area contributed by atoms with Crippen molar-refractivity contribution in [3.8, 4) is 0 Å². The van der Waals surface area contributed by atoms with Crippen LogP contribution in [-0.4, -0.2) is 20.7 Å². The molecule has 2 aromatic heterocycles. The first-order chi connectivity index (χ1) is 6.84. The van der Waals surface area contributed by atoms with Crippen LogP contribution in [0.3, 0.4) is 0 Å². The molecule has 0 aliphatic carbocycles. The highest BCUT2D eigenvalue weighted by Crippen LogP contribution is 2.20. The molecule has 3 rings (SSSR count). The second kappa shape index (κ2) is 2.78. The molecule has 0 saturated carbocycles. The van der Waals surface area contributed by atoms with Crippen molar-refractivity contribution in [2.75, 3.05) is 0 Å². The third-order valence-electron chi connectivity index (χ3n) is 2.34. The molecule has 3 heterocycles. The van der Waals surface area contributed by atoms with Crippen molar-refractivity contribution in [2.45, 2.75) is 13.1 Å². The van der Waals surface area contributed by atoms with Crippen molar-refractivity contribution >= 4 is 28.8 Å². The van der Waals surface area contributed by atoms with E-state index >= 15 is 0 Å². The van der Waals surface area contributed by atoms with Crippen molar-refractivity contribution < 1.29 is 0 Å². The molecule has 0 spiro atoms. The van der Waals surface area contributed by atoms with Gasteiger partial charge in [-0.15, -0.1) is 0 Å². The fourth-order valence-corrected chi connectivity index (χ4v) is 1.83. The summed E-state index contributed by atoms with van der Waals surface area (Å²) in [4.78, 5) is 12.4. The molecular formula is C9H7ClN4. The Morgan fingerprint density at radius 1 is 1.43 bits per heavy atom. The van der Waals surface area contributed by atoms with Gasteiger partial charge in [0.1, 0.15) is 5.65 Å². The highest BCUT2D eigenvalue weighted by Gasteiger charge is 2.11. The Balaban J connectivity index is 2.35. The number of hydrogen-bond donors (Lipinski definition) is 0. The van der Waals surface area contributed by atoms with Crippen LogP contribution in [0.1, 0.15) is 5.69 Å². The first kappa shape index (κ1) is 7.94. The summed E-state index contributed by atoms with van der Waals surface area (Å²) < 4.78 is 2.11. The van der Waals surface area contributed by atoms with Gasteiger partial charge in [-0.3, -0.25) is 4.99 Å². The Bertz CT molecular complexity index is 529. The van der Waals surface area contributed by atoms with Gasteiger partial charge in [-0.2, -0.15) is 4.98 Å². The predicted octanol–water partition coefficient (Wildman–Crippen LogP) is 1.67. The summed E-state index contributed by atoms with van der Waals surface area (Å²) in [5.74, 6) is 0. The van der Waals surface area contributed by atoms with E-state index in [-0.39, 0.29) is 0 Å². The summed E-state index contributed by atoms with van der Waals surface area (Å²) in [7, 11) is 0. The average Bonchev–Trinajstić information content (AvgIpc) is 2.56. The zero-order chi connectivity index (χ0) is 9.54. The van der Waals surface area contributed by atoms with Gasteiger partial charge in [0.2, 0.25) is 5.28 Å². The number of nitrogens with zero attached hydrogens (tertiary/aromatic N) is 4. The molecule has 4 nitrogen and oxygen atoms in total. The van der Waals surface area contributed by atoms with Gasteiger partial charge < -0.3 is 4.57 Å². The van der Waals surface area contributed by atoms with E-state index in [4.69, 9.17) is 11.6 Å². The van der Waals surface area contributed by atoms with Crippen LogP contribution in [0.25, 0.3) is 11.0 Å². The Morgan fingerprint density at radius 3 is 3.29 bits per heavy atom. The standard InChI is InChI=1S/C9H7ClN4/c10-9-12-4-6-3-7-5-11-1-2-14(7)8(6)13-9/h1,3-4H,2,5H2. The third kappa shape index (κ3) is 1.04. The van der Waals surface area contributed by atoms with Gasteiger partial charge in [0.25, 0.3) is 0 Å². The molecule has 0 radical (unpaired) electrons. The molecule has 0 aromatic carbocycles. The van der Waals surface area contributed by atoms with Crippen molar-refractivity contribution in [1.29, 1.82) is 0 Å². The largest absolute Gasteiger partial charge is 0.322 e. The van der Waals surface area contributed by atoms with Crippen LogP contribution in [0.5, 0.6) is 0 Å². The number of aliphatic imine (C=N–C) groups is 1. The molecule has 5 heteroatoms. The van der Waals surface area contributed by atoms with Crippen molar-refractivity contribution in [3.05, 3.63) is 23.2 Å². The maximum absolute atomic E-state index is 5.75. The topological polar surface area (TPSA) is 43.1 Å². The van der Waals surface area contributed by atoms with Crippen LogP contribution < -0.4 is 0 Å². The summed E-state index contributed by atoms with van der Waals surface area (Å²) in [5, 5.41) is 1.32. The van der Waals surface area contributed by atoms with Gasteiger partial charge in [-0.25, -0.2) is 4.98 Å². The number of fused-ring (bicyclic) bond motifs is 3. The van der Waals surface area contributed by atoms with Crippen molar-refractivity contribution in [3.63, 3.8) is 0 Å². The van der Waals surface area contributed by atoms with E-state index < -0.39 is 0 Å². The first-order valence-corrected chi connectivity index (χ1v) is 4.71. The molecule has 0 fully saturated rings. The maximum Gasteiger partial charge on any atom is 0.224 e. The van der Waals surface area contributed by atoms with E-state index in [0.717, 1.165) is 17.6 Å². The minimum atomic E-state index is 0.293. The van der Waals surface area contributed by atoms with Gasteiger partial charge in [0.05, 0.1) is 13.1 Å². The number of aromatic nitrogens is 3. The molecule has 0 amide bonds. The van der Waals surface area contributed by atoms with E-state index in [2.05, 4.69) is 25.6 Å². The summed E-state index contributed by atoms with van der Waals surface area (Å²) in [6, 6.07) is 2.06.